The molecule has 8 heteroatoms. The summed E-state index contributed by atoms with van der Waals surface area (Å²) in [5.41, 5.74) is 0.917. The highest BCUT2D eigenvalue weighted by Gasteiger charge is 2.39. The lowest BCUT2D eigenvalue weighted by Gasteiger charge is -2.30. The first kappa shape index (κ1) is 22.5. The van der Waals surface area contributed by atoms with Gasteiger partial charge in [-0.15, -0.1) is 0 Å². The molecule has 2 aromatic carbocycles. The number of hydrogen-bond donors (Lipinski definition) is 0. The van der Waals surface area contributed by atoms with E-state index < -0.39 is 0 Å². The first-order valence-corrected chi connectivity index (χ1v) is 11.5. The van der Waals surface area contributed by atoms with Crippen LogP contribution >= 0.6 is 55.8 Å². The number of thioether (sulfide) groups is 1. The van der Waals surface area contributed by atoms with Crippen LogP contribution in [0.5, 0.6) is 5.75 Å². The predicted molar refractivity (Wildman–Crippen MR) is 127 cm³/mol. The molecule has 1 aliphatic heterocycles. The van der Waals surface area contributed by atoms with Gasteiger partial charge < -0.3 is 4.74 Å². The van der Waals surface area contributed by atoms with Gasteiger partial charge in [0, 0.05) is 11.1 Å². The maximum Gasteiger partial charge on any atom is 0.266 e. The van der Waals surface area contributed by atoms with Crippen molar-refractivity contribution in [3.63, 3.8) is 0 Å². The molecular weight excluding hydrogens is 541 g/mol. The molecule has 0 spiro atoms. The Bertz CT molecular complexity index is 995. The Morgan fingerprint density at radius 1 is 1.21 bits per heavy atom. The van der Waals surface area contributed by atoms with E-state index in [2.05, 4.69) is 31.9 Å². The topological polar surface area (TPSA) is 29.5 Å². The lowest BCUT2D eigenvalue weighted by Crippen LogP contribution is -2.44. The second-order valence-electron chi connectivity index (χ2n) is 7.38. The van der Waals surface area contributed by atoms with E-state index >= 15 is 0 Å². The smallest absolute Gasteiger partial charge is 0.266 e. The zero-order chi connectivity index (χ0) is 21.3. The van der Waals surface area contributed by atoms with Gasteiger partial charge in [0.05, 0.1) is 13.9 Å². The number of carbonyl (C=O) groups is 1. The summed E-state index contributed by atoms with van der Waals surface area (Å²) in [7, 11) is 0. The summed E-state index contributed by atoms with van der Waals surface area (Å²) in [6.45, 7) is 5.97. The van der Waals surface area contributed by atoms with Crippen molar-refractivity contribution in [2.24, 2.45) is 0 Å². The maximum atomic E-state index is 13.8. The molecule has 0 saturated carbocycles. The molecule has 0 atom stereocenters. The number of hydrogen-bond acceptors (Lipinski definition) is 4. The summed E-state index contributed by atoms with van der Waals surface area (Å²) >= 11 is 13.7. The van der Waals surface area contributed by atoms with Crippen molar-refractivity contribution < 1.29 is 13.9 Å². The summed E-state index contributed by atoms with van der Waals surface area (Å²) < 4.78 is 21.6. The third kappa shape index (κ3) is 5.10. The Hall–Kier alpha value is -1.22. The van der Waals surface area contributed by atoms with E-state index in [1.165, 1.54) is 17.8 Å². The van der Waals surface area contributed by atoms with Crippen LogP contribution in [0.15, 0.2) is 50.2 Å². The molecule has 1 fully saturated rings. The zero-order valence-corrected chi connectivity index (χ0v) is 20.8. The summed E-state index contributed by atoms with van der Waals surface area (Å²) in [6.07, 6.45) is 1.81. The Morgan fingerprint density at radius 3 is 2.38 bits per heavy atom. The molecule has 1 aliphatic rings. The largest absolute Gasteiger partial charge is 0.486 e. The van der Waals surface area contributed by atoms with Gasteiger partial charge in [-0.05, 0) is 82.5 Å². The van der Waals surface area contributed by atoms with E-state index in [4.69, 9.17) is 17.0 Å². The van der Waals surface area contributed by atoms with Crippen LogP contribution in [0.2, 0.25) is 0 Å². The Morgan fingerprint density at radius 2 is 1.83 bits per heavy atom. The Labute approximate surface area is 195 Å². The Balaban J connectivity index is 1.83. The first-order valence-electron chi connectivity index (χ1n) is 8.71. The van der Waals surface area contributed by atoms with Crippen molar-refractivity contribution in [3.8, 4) is 5.75 Å². The van der Waals surface area contributed by atoms with Crippen LogP contribution in [-0.4, -0.2) is 20.7 Å². The van der Waals surface area contributed by atoms with Gasteiger partial charge in [-0.3, -0.25) is 9.69 Å². The fraction of sp³-hybridized carbons (Fsp3) is 0.238. The highest BCUT2D eigenvalue weighted by Crippen LogP contribution is 2.39. The molecule has 0 aliphatic carbocycles. The number of amides is 1. The van der Waals surface area contributed by atoms with E-state index in [9.17, 15) is 9.18 Å². The van der Waals surface area contributed by atoms with Crippen LogP contribution < -0.4 is 4.74 Å². The molecule has 0 unspecified atom stereocenters. The molecule has 0 bridgehead atoms. The van der Waals surface area contributed by atoms with Crippen molar-refractivity contribution in [3.05, 3.63) is 67.2 Å². The number of halogens is 3. The summed E-state index contributed by atoms with van der Waals surface area (Å²) in [5.74, 6) is 0.157. The summed E-state index contributed by atoms with van der Waals surface area (Å²) in [4.78, 5) is 15.0. The predicted octanol–water partition coefficient (Wildman–Crippen LogP) is 6.93. The lowest BCUT2D eigenvalue weighted by molar-refractivity contribution is -0.125. The average molecular weight is 559 g/mol. The molecule has 0 N–H and O–H groups in total. The first-order chi connectivity index (χ1) is 13.6. The van der Waals surface area contributed by atoms with Crippen LogP contribution in [0.3, 0.4) is 0 Å². The molecule has 1 saturated heterocycles. The number of rotatable bonds is 4. The van der Waals surface area contributed by atoms with E-state index in [1.807, 2.05) is 32.9 Å². The molecule has 3 rings (SSSR count). The zero-order valence-electron chi connectivity index (χ0n) is 16.0. The minimum atomic E-state index is -0.373. The van der Waals surface area contributed by atoms with E-state index in [0.717, 1.165) is 5.56 Å². The molecule has 29 heavy (non-hydrogen) atoms. The molecule has 1 amide bonds. The van der Waals surface area contributed by atoms with Gasteiger partial charge in [0.15, 0.2) is 0 Å². The second-order valence-corrected chi connectivity index (χ2v) is 10.8. The van der Waals surface area contributed by atoms with Gasteiger partial charge >= 0.3 is 0 Å². The third-order valence-corrected chi connectivity index (χ3v) is 6.59. The van der Waals surface area contributed by atoms with Crippen LogP contribution in [0, 0.1) is 5.82 Å². The number of ether oxygens (including phenoxy) is 1. The van der Waals surface area contributed by atoms with Gasteiger partial charge in [0.1, 0.15) is 22.5 Å². The summed E-state index contributed by atoms with van der Waals surface area (Å²) in [6, 6.07) is 10.2. The van der Waals surface area contributed by atoms with Gasteiger partial charge in [-0.1, -0.05) is 42.2 Å². The van der Waals surface area contributed by atoms with Gasteiger partial charge in [-0.25, -0.2) is 4.39 Å². The molecule has 1 heterocycles. The van der Waals surface area contributed by atoms with Gasteiger partial charge in [0.2, 0.25) is 0 Å². The maximum absolute atomic E-state index is 13.8. The van der Waals surface area contributed by atoms with Crippen molar-refractivity contribution in [1.29, 1.82) is 0 Å². The molecule has 3 nitrogen and oxygen atoms in total. The van der Waals surface area contributed by atoms with E-state index in [0.29, 0.717) is 29.5 Å². The minimum Gasteiger partial charge on any atom is -0.486 e. The van der Waals surface area contributed by atoms with E-state index in [-0.39, 0.29) is 23.9 Å². The van der Waals surface area contributed by atoms with Crippen molar-refractivity contribution >= 4 is 72.1 Å². The number of nitrogens with zero attached hydrogens (tertiary/aromatic N) is 1. The van der Waals surface area contributed by atoms with Crippen LogP contribution in [-0.2, 0) is 11.4 Å². The molecule has 2 aromatic rings. The summed E-state index contributed by atoms with van der Waals surface area (Å²) in [5, 5.41) is 0. The van der Waals surface area contributed by atoms with E-state index in [1.54, 1.807) is 29.2 Å². The highest BCUT2D eigenvalue weighted by atomic mass is 79.9. The van der Waals surface area contributed by atoms with Crippen molar-refractivity contribution in [1.82, 2.24) is 4.90 Å². The normalized spacial score (nSPS) is 16.1. The monoisotopic (exact) mass is 557 g/mol. The van der Waals surface area contributed by atoms with Crippen LogP contribution in [0.25, 0.3) is 6.08 Å². The van der Waals surface area contributed by atoms with Gasteiger partial charge in [-0.2, -0.15) is 0 Å². The van der Waals surface area contributed by atoms with Crippen LogP contribution in [0.1, 0.15) is 31.9 Å². The third-order valence-electron chi connectivity index (χ3n) is 4.11. The number of benzene rings is 2. The standard InChI is InChI=1S/C21H18Br2FNO2S2/c1-21(2,3)25-19(26)17(29-20(25)28)10-12-8-14(22)18(15(23)9-12)27-11-13-6-4-5-7-16(13)24/h4-10H,11H2,1-3H3/b17-10+. The molecule has 0 aromatic heterocycles. The molecule has 0 radical (unpaired) electrons. The number of carbonyl (C=O) groups excluding carboxylic acids is 1. The fourth-order valence-corrected chi connectivity index (χ4v) is 5.85. The van der Waals surface area contributed by atoms with Crippen molar-refractivity contribution in [2.45, 2.75) is 32.9 Å². The minimum absolute atomic E-state index is 0.0976. The number of thiocarbonyl (C=S) groups is 1. The lowest BCUT2D eigenvalue weighted by atomic mass is 10.1. The van der Waals surface area contributed by atoms with Gasteiger partial charge in [0.25, 0.3) is 5.91 Å². The highest BCUT2D eigenvalue weighted by molar-refractivity contribution is 9.11. The second kappa shape index (κ2) is 8.88. The average Bonchev–Trinajstić information content (AvgIpc) is 2.89. The molecular formula is C21H18Br2FNO2S2. The fourth-order valence-electron chi connectivity index (χ4n) is 2.76. The quantitative estimate of drug-likeness (QED) is 0.300. The van der Waals surface area contributed by atoms with Crippen LogP contribution in [0.4, 0.5) is 4.39 Å². The Kier molecular flexibility index (Phi) is 6.88. The SMILES string of the molecule is CC(C)(C)N1C(=O)/C(=C\c2cc(Br)c(OCc3ccccc3F)c(Br)c2)SC1=S. The van der Waals surface area contributed by atoms with Crippen molar-refractivity contribution in [2.75, 3.05) is 0 Å². The molecule has 152 valence electrons.